The van der Waals surface area contributed by atoms with Gasteiger partial charge in [0.25, 0.3) is 0 Å². The number of thioether (sulfide) groups is 1. The van der Waals surface area contributed by atoms with Crippen molar-refractivity contribution >= 4 is 33.6 Å². The Morgan fingerprint density at radius 1 is 1.10 bits per heavy atom. The Morgan fingerprint density at radius 3 is 2.47 bits per heavy atom. The molecule has 1 amide bonds. The van der Waals surface area contributed by atoms with Gasteiger partial charge in [0.05, 0.1) is 32.1 Å². The second-order valence-electron chi connectivity index (χ2n) is 6.80. The van der Waals surface area contributed by atoms with Gasteiger partial charge in [-0.2, -0.15) is 0 Å². The van der Waals surface area contributed by atoms with E-state index >= 15 is 0 Å². The van der Waals surface area contributed by atoms with Crippen molar-refractivity contribution in [3.63, 3.8) is 0 Å². The Bertz CT molecular complexity index is 1040. The van der Waals surface area contributed by atoms with Crippen molar-refractivity contribution in [3.05, 3.63) is 76.5 Å². The second-order valence-corrected chi connectivity index (χ2v) is 8.78. The van der Waals surface area contributed by atoms with Gasteiger partial charge in [0.15, 0.2) is 0 Å². The van der Waals surface area contributed by atoms with E-state index in [-0.39, 0.29) is 11.3 Å². The maximum atomic E-state index is 12.9. The Labute approximate surface area is 188 Å². The molecule has 4 rings (SSSR count). The minimum absolute atomic E-state index is 0.0866. The molecule has 1 aliphatic rings. The summed E-state index contributed by atoms with van der Waals surface area (Å²) >= 11 is 5.11. The lowest BCUT2D eigenvalue weighted by Gasteiger charge is -2.27. The predicted octanol–water partition coefficient (Wildman–Crippen LogP) is 5.30. The summed E-state index contributed by atoms with van der Waals surface area (Å²) in [6, 6.07) is 15.8. The molecule has 3 aromatic rings. The number of nitrogens with zero attached hydrogens (tertiary/aromatic N) is 2. The van der Waals surface area contributed by atoms with E-state index in [9.17, 15) is 4.79 Å². The fraction of sp³-hybridized carbons (Fsp3) is 0.217. The smallest absolute Gasteiger partial charge is 0.234 e. The van der Waals surface area contributed by atoms with E-state index in [1.807, 2.05) is 47.5 Å². The van der Waals surface area contributed by atoms with Crippen LogP contribution in [0.15, 0.2) is 65.4 Å². The summed E-state index contributed by atoms with van der Waals surface area (Å²) in [5, 5.41) is -0.139. The van der Waals surface area contributed by atoms with E-state index in [2.05, 4.69) is 33.0 Å². The third kappa shape index (κ3) is 4.04. The topological polar surface area (TPSA) is 51.7 Å². The monoisotopic (exact) mass is 484 g/mol. The minimum Gasteiger partial charge on any atom is -0.496 e. The number of ether oxygens (including phenoxy) is 2. The number of carbonyl (C=O) groups excluding carboxylic acids is 1. The maximum absolute atomic E-state index is 12.9. The molecule has 1 unspecified atom stereocenters. The van der Waals surface area contributed by atoms with Gasteiger partial charge in [-0.3, -0.25) is 9.78 Å². The normalized spacial score (nSPS) is 16.0. The highest BCUT2D eigenvalue weighted by atomic mass is 79.9. The standard InChI is InChI=1S/C23H21BrN2O3S/c1-28-20-4-3-5-21(29-2)19(20)13-26-22(27)14-30-23(26)18-12-25-11-10-17(18)15-6-8-16(24)9-7-15/h3-12,23H,13-14H2,1-2H3. The van der Waals surface area contributed by atoms with E-state index in [0.717, 1.165) is 26.7 Å². The van der Waals surface area contributed by atoms with E-state index in [4.69, 9.17) is 9.47 Å². The first-order valence-electron chi connectivity index (χ1n) is 9.43. The number of rotatable bonds is 6. The Balaban J connectivity index is 1.73. The lowest BCUT2D eigenvalue weighted by atomic mass is 10.0. The maximum Gasteiger partial charge on any atom is 0.234 e. The molecule has 5 nitrogen and oxygen atoms in total. The van der Waals surface area contributed by atoms with Crippen LogP contribution in [0.5, 0.6) is 11.5 Å². The minimum atomic E-state index is -0.139. The first kappa shape index (κ1) is 20.8. The highest BCUT2D eigenvalue weighted by molar-refractivity contribution is 9.10. The lowest BCUT2D eigenvalue weighted by molar-refractivity contribution is -0.128. The number of hydrogen-bond donors (Lipinski definition) is 0. The summed E-state index contributed by atoms with van der Waals surface area (Å²) in [5.41, 5.74) is 4.04. The van der Waals surface area contributed by atoms with Gasteiger partial charge in [0.2, 0.25) is 5.91 Å². The summed E-state index contributed by atoms with van der Waals surface area (Å²) in [7, 11) is 3.26. The summed E-state index contributed by atoms with van der Waals surface area (Å²) < 4.78 is 12.1. The molecular formula is C23H21BrN2O3S. The molecule has 0 N–H and O–H groups in total. The number of hydrogen-bond acceptors (Lipinski definition) is 5. The van der Waals surface area contributed by atoms with Crippen LogP contribution >= 0.6 is 27.7 Å². The van der Waals surface area contributed by atoms with Crippen LogP contribution in [0.3, 0.4) is 0 Å². The third-order valence-corrected chi connectivity index (χ3v) is 6.87. The number of aromatic nitrogens is 1. The predicted molar refractivity (Wildman–Crippen MR) is 123 cm³/mol. The van der Waals surface area contributed by atoms with Gasteiger partial charge in [-0.25, -0.2) is 0 Å². The summed E-state index contributed by atoms with van der Waals surface area (Å²) in [4.78, 5) is 19.1. The molecule has 1 aromatic heterocycles. The van der Waals surface area contributed by atoms with Crippen molar-refractivity contribution in [1.29, 1.82) is 0 Å². The largest absolute Gasteiger partial charge is 0.496 e. The van der Waals surface area contributed by atoms with E-state index < -0.39 is 0 Å². The first-order valence-corrected chi connectivity index (χ1v) is 11.3. The van der Waals surface area contributed by atoms with Crippen molar-refractivity contribution < 1.29 is 14.3 Å². The lowest BCUT2D eigenvalue weighted by Crippen LogP contribution is -2.28. The Kier molecular flexibility index (Phi) is 6.29. The molecule has 1 aliphatic heterocycles. The van der Waals surface area contributed by atoms with Gasteiger partial charge < -0.3 is 14.4 Å². The van der Waals surface area contributed by atoms with Crippen molar-refractivity contribution in [2.75, 3.05) is 20.0 Å². The molecule has 0 bridgehead atoms. The number of benzene rings is 2. The number of pyridine rings is 1. The molecule has 7 heteroatoms. The van der Waals surface area contributed by atoms with Crippen molar-refractivity contribution in [3.8, 4) is 22.6 Å². The average Bonchev–Trinajstić information content (AvgIpc) is 3.14. The number of amides is 1. The molecule has 1 atom stereocenters. The highest BCUT2D eigenvalue weighted by Gasteiger charge is 2.35. The van der Waals surface area contributed by atoms with Crippen molar-refractivity contribution in [1.82, 2.24) is 9.88 Å². The molecule has 154 valence electrons. The van der Waals surface area contributed by atoms with Gasteiger partial charge in [-0.1, -0.05) is 34.1 Å². The molecule has 2 aromatic carbocycles. The van der Waals surface area contributed by atoms with Crippen LogP contribution in [0.4, 0.5) is 0 Å². The van der Waals surface area contributed by atoms with Crippen molar-refractivity contribution in [2.45, 2.75) is 11.9 Å². The van der Waals surface area contributed by atoms with E-state index in [1.165, 1.54) is 0 Å². The zero-order chi connectivity index (χ0) is 21.1. The fourth-order valence-corrected chi connectivity index (χ4v) is 5.10. The summed E-state index contributed by atoms with van der Waals surface area (Å²) in [6.45, 7) is 0.401. The van der Waals surface area contributed by atoms with Crippen LogP contribution in [0, 0.1) is 0 Å². The molecule has 0 aliphatic carbocycles. The average molecular weight is 485 g/mol. The quantitative estimate of drug-likeness (QED) is 0.474. The summed E-state index contributed by atoms with van der Waals surface area (Å²) in [6.07, 6.45) is 3.65. The van der Waals surface area contributed by atoms with Crippen LogP contribution in [-0.4, -0.2) is 35.8 Å². The van der Waals surface area contributed by atoms with Gasteiger partial charge in [-0.05, 0) is 41.5 Å². The number of methoxy groups -OCH3 is 2. The SMILES string of the molecule is COc1cccc(OC)c1CN1C(=O)CSC1c1cnccc1-c1ccc(Br)cc1. The van der Waals surface area contributed by atoms with Crippen LogP contribution in [0.2, 0.25) is 0 Å². The molecule has 1 saturated heterocycles. The number of halogens is 1. The zero-order valence-corrected chi connectivity index (χ0v) is 19.1. The molecule has 0 saturated carbocycles. The fourth-order valence-electron chi connectivity index (χ4n) is 3.63. The Hall–Kier alpha value is -2.51. The van der Waals surface area contributed by atoms with Crippen LogP contribution in [-0.2, 0) is 11.3 Å². The third-order valence-electron chi connectivity index (χ3n) is 5.10. The van der Waals surface area contributed by atoms with Gasteiger partial charge in [0.1, 0.15) is 16.9 Å². The Morgan fingerprint density at radius 2 is 1.80 bits per heavy atom. The van der Waals surface area contributed by atoms with E-state index in [0.29, 0.717) is 23.8 Å². The molecular weight excluding hydrogens is 464 g/mol. The van der Waals surface area contributed by atoms with E-state index in [1.54, 1.807) is 32.2 Å². The van der Waals surface area contributed by atoms with Crippen LogP contribution in [0.25, 0.3) is 11.1 Å². The molecule has 0 spiro atoms. The van der Waals surface area contributed by atoms with Gasteiger partial charge >= 0.3 is 0 Å². The van der Waals surface area contributed by atoms with Gasteiger partial charge in [0, 0.05) is 22.4 Å². The van der Waals surface area contributed by atoms with Crippen LogP contribution < -0.4 is 9.47 Å². The molecule has 1 fully saturated rings. The van der Waals surface area contributed by atoms with Gasteiger partial charge in [-0.15, -0.1) is 11.8 Å². The molecule has 0 radical (unpaired) electrons. The first-order chi connectivity index (χ1) is 14.6. The highest BCUT2D eigenvalue weighted by Crippen LogP contribution is 2.44. The second kappa shape index (κ2) is 9.10. The van der Waals surface area contributed by atoms with Crippen molar-refractivity contribution in [2.24, 2.45) is 0 Å². The summed E-state index contributed by atoms with van der Waals surface area (Å²) in [5.74, 6) is 1.93. The molecule has 2 heterocycles. The zero-order valence-electron chi connectivity index (χ0n) is 16.7. The number of carbonyl (C=O) groups is 1. The molecule has 30 heavy (non-hydrogen) atoms. The van der Waals surface area contributed by atoms with Crippen LogP contribution in [0.1, 0.15) is 16.5 Å².